The molecule has 0 saturated carbocycles. The number of para-hydroxylation sites is 1. The summed E-state index contributed by atoms with van der Waals surface area (Å²) in [5.74, 6) is 0. The summed E-state index contributed by atoms with van der Waals surface area (Å²) in [6.45, 7) is 8.02. The standard InChI is InChI=1S/C21H27N5/c1-2-5-19-17(4-1)16-18-20(25-19)6-3-7-21(18)26-14-12-23-10-8-22-9-11-24-13-15-26/h1-7,16,22-24H,8-15H2. The summed E-state index contributed by atoms with van der Waals surface area (Å²) in [7, 11) is 0. The molecule has 0 amide bonds. The van der Waals surface area contributed by atoms with Crippen LogP contribution in [0.2, 0.25) is 0 Å². The first-order valence-corrected chi connectivity index (χ1v) is 9.57. The van der Waals surface area contributed by atoms with Crippen molar-refractivity contribution in [1.82, 2.24) is 20.9 Å². The fraction of sp³-hybridized carbons (Fsp3) is 0.381. The number of anilines is 1. The Morgan fingerprint density at radius 1 is 0.692 bits per heavy atom. The van der Waals surface area contributed by atoms with Gasteiger partial charge in [0, 0.05) is 68.8 Å². The van der Waals surface area contributed by atoms with Crippen LogP contribution in [0, 0.1) is 0 Å². The number of benzene rings is 2. The summed E-state index contributed by atoms with van der Waals surface area (Å²) in [4.78, 5) is 7.35. The normalized spacial score (nSPS) is 17.8. The van der Waals surface area contributed by atoms with E-state index in [0.29, 0.717) is 0 Å². The van der Waals surface area contributed by atoms with Crippen LogP contribution in [0.4, 0.5) is 5.69 Å². The Balaban J connectivity index is 1.66. The Hall–Kier alpha value is -2.21. The molecule has 0 unspecified atom stereocenters. The summed E-state index contributed by atoms with van der Waals surface area (Å²) >= 11 is 0. The van der Waals surface area contributed by atoms with Crippen molar-refractivity contribution in [3.8, 4) is 0 Å². The Labute approximate surface area is 154 Å². The van der Waals surface area contributed by atoms with E-state index >= 15 is 0 Å². The molecule has 2 aromatic carbocycles. The highest BCUT2D eigenvalue weighted by molar-refractivity contribution is 5.99. The lowest BCUT2D eigenvalue weighted by Crippen LogP contribution is -2.41. The second-order valence-corrected chi connectivity index (χ2v) is 6.76. The lowest BCUT2D eigenvalue weighted by molar-refractivity contribution is 0.558. The van der Waals surface area contributed by atoms with Gasteiger partial charge in [0.2, 0.25) is 0 Å². The highest BCUT2D eigenvalue weighted by atomic mass is 15.2. The first-order chi connectivity index (χ1) is 12.9. The fourth-order valence-electron chi connectivity index (χ4n) is 3.57. The van der Waals surface area contributed by atoms with Gasteiger partial charge in [0.05, 0.1) is 11.0 Å². The van der Waals surface area contributed by atoms with E-state index in [1.807, 2.05) is 6.07 Å². The number of fused-ring (bicyclic) bond motifs is 2. The minimum atomic E-state index is 0.985. The molecular formula is C21H27N5. The van der Waals surface area contributed by atoms with Gasteiger partial charge < -0.3 is 20.9 Å². The largest absolute Gasteiger partial charge is 0.368 e. The van der Waals surface area contributed by atoms with Crippen LogP contribution in [0.25, 0.3) is 21.8 Å². The molecule has 3 N–H and O–H groups in total. The molecule has 5 heteroatoms. The SMILES string of the molecule is c1ccc2nc3cccc(N4CCNCCNCCNCC4)c3cc2c1. The summed E-state index contributed by atoms with van der Waals surface area (Å²) in [5.41, 5.74) is 3.40. The van der Waals surface area contributed by atoms with E-state index < -0.39 is 0 Å². The van der Waals surface area contributed by atoms with Gasteiger partial charge in [-0.05, 0) is 24.3 Å². The smallest absolute Gasteiger partial charge is 0.0730 e. The predicted octanol–water partition coefficient (Wildman–Crippen LogP) is 1.98. The number of rotatable bonds is 1. The molecule has 4 rings (SSSR count). The van der Waals surface area contributed by atoms with Crippen molar-refractivity contribution in [2.75, 3.05) is 57.3 Å². The van der Waals surface area contributed by atoms with Crippen LogP contribution in [0.15, 0.2) is 48.5 Å². The van der Waals surface area contributed by atoms with Crippen molar-refractivity contribution in [2.45, 2.75) is 0 Å². The van der Waals surface area contributed by atoms with Crippen molar-refractivity contribution in [3.05, 3.63) is 48.5 Å². The molecule has 0 radical (unpaired) electrons. The van der Waals surface area contributed by atoms with Gasteiger partial charge in [-0.1, -0.05) is 24.3 Å². The zero-order chi connectivity index (χ0) is 17.6. The first-order valence-electron chi connectivity index (χ1n) is 9.57. The zero-order valence-corrected chi connectivity index (χ0v) is 15.2. The number of aromatic nitrogens is 1. The van der Waals surface area contributed by atoms with Gasteiger partial charge in [-0.2, -0.15) is 0 Å². The van der Waals surface area contributed by atoms with E-state index in [-0.39, 0.29) is 0 Å². The van der Waals surface area contributed by atoms with Gasteiger partial charge in [-0.15, -0.1) is 0 Å². The molecule has 1 aromatic heterocycles. The summed E-state index contributed by atoms with van der Waals surface area (Å²) in [6.07, 6.45) is 0. The fourth-order valence-corrected chi connectivity index (χ4v) is 3.57. The Morgan fingerprint density at radius 2 is 1.35 bits per heavy atom. The third-order valence-electron chi connectivity index (χ3n) is 4.95. The lowest BCUT2D eigenvalue weighted by Gasteiger charge is -2.27. The molecular weight excluding hydrogens is 322 g/mol. The molecule has 1 aliphatic rings. The van der Waals surface area contributed by atoms with Crippen LogP contribution >= 0.6 is 0 Å². The molecule has 0 atom stereocenters. The second-order valence-electron chi connectivity index (χ2n) is 6.76. The Kier molecular flexibility index (Phi) is 5.59. The molecule has 0 bridgehead atoms. The van der Waals surface area contributed by atoms with Gasteiger partial charge in [0.15, 0.2) is 0 Å². The molecule has 1 fully saturated rings. The molecule has 1 aliphatic heterocycles. The van der Waals surface area contributed by atoms with Crippen LogP contribution in [0.1, 0.15) is 0 Å². The van der Waals surface area contributed by atoms with Crippen LogP contribution in [0.5, 0.6) is 0 Å². The molecule has 2 heterocycles. The van der Waals surface area contributed by atoms with Crippen molar-refractivity contribution >= 4 is 27.5 Å². The van der Waals surface area contributed by atoms with Crippen LogP contribution in [-0.2, 0) is 0 Å². The number of nitrogens with zero attached hydrogens (tertiary/aromatic N) is 2. The Morgan fingerprint density at radius 3 is 2.12 bits per heavy atom. The number of hydrogen-bond acceptors (Lipinski definition) is 5. The number of nitrogens with one attached hydrogen (secondary N) is 3. The van der Waals surface area contributed by atoms with Crippen LogP contribution in [0.3, 0.4) is 0 Å². The van der Waals surface area contributed by atoms with Gasteiger partial charge in [-0.3, -0.25) is 0 Å². The summed E-state index contributed by atoms with van der Waals surface area (Å²) < 4.78 is 0. The van der Waals surface area contributed by atoms with Crippen LogP contribution in [-0.4, -0.2) is 57.3 Å². The minimum absolute atomic E-state index is 0.985. The van der Waals surface area contributed by atoms with Crippen molar-refractivity contribution < 1.29 is 0 Å². The topological polar surface area (TPSA) is 52.2 Å². The molecule has 136 valence electrons. The Bertz CT molecular complexity index is 851. The summed E-state index contributed by atoms with van der Waals surface area (Å²) in [6, 6.07) is 17.1. The molecule has 1 saturated heterocycles. The first kappa shape index (κ1) is 17.2. The maximum absolute atomic E-state index is 4.87. The molecule has 5 nitrogen and oxygen atoms in total. The second kappa shape index (κ2) is 8.45. The van der Waals surface area contributed by atoms with Gasteiger partial charge in [-0.25, -0.2) is 4.98 Å². The summed E-state index contributed by atoms with van der Waals surface area (Å²) in [5, 5.41) is 13.0. The van der Waals surface area contributed by atoms with Crippen molar-refractivity contribution in [1.29, 1.82) is 0 Å². The monoisotopic (exact) mass is 349 g/mol. The van der Waals surface area contributed by atoms with Crippen LogP contribution < -0.4 is 20.9 Å². The third kappa shape index (κ3) is 3.96. The average molecular weight is 349 g/mol. The number of hydrogen-bond donors (Lipinski definition) is 3. The average Bonchev–Trinajstić information content (AvgIpc) is 2.66. The van der Waals surface area contributed by atoms with Crippen molar-refractivity contribution in [3.63, 3.8) is 0 Å². The molecule has 0 spiro atoms. The molecule has 26 heavy (non-hydrogen) atoms. The lowest BCUT2D eigenvalue weighted by atomic mass is 10.1. The van der Waals surface area contributed by atoms with E-state index in [4.69, 9.17) is 4.98 Å². The molecule has 0 aliphatic carbocycles. The quantitative estimate of drug-likeness (QED) is 0.587. The van der Waals surface area contributed by atoms with E-state index in [2.05, 4.69) is 63.3 Å². The third-order valence-corrected chi connectivity index (χ3v) is 4.95. The predicted molar refractivity (Wildman–Crippen MR) is 110 cm³/mol. The highest BCUT2D eigenvalue weighted by Crippen LogP contribution is 2.28. The van der Waals surface area contributed by atoms with Crippen molar-refractivity contribution in [2.24, 2.45) is 0 Å². The van der Waals surface area contributed by atoms with E-state index in [1.165, 1.54) is 16.5 Å². The molecule has 3 aromatic rings. The van der Waals surface area contributed by atoms with E-state index in [0.717, 1.165) is 63.4 Å². The van der Waals surface area contributed by atoms with E-state index in [9.17, 15) is 0 Å². The van der Waals surface area contributed by atoms with Gasteiger partial charge in [0.25, 0.3) is 0 Å². The minimum Gasteiger partial charge on any atom is -0.368 e. The maximum atomic E-state index is 4.87. The maximum Gasteiger partial charge on any atom is 0.0730 e. The number of pyridine rings is 1. The highest BCUT2D eigenvalue weighted by Gasteiger charge is 2.12. The van der Waals surface area contributed by atoms with E-state index in [1.54, 1.807) is 0 Å². The zero-order valence-electron chi connectivity index (χ0n) is 15.2. The van der Waals surface area contributed by atoms with Gasteiger partial charge in [0.1, 0.15) is 0 Å². The van der Waals surface area contributed by atoms with Gasteiger partial charge >= 0.3 is 0 Å².